The normalized spacial score (nSPS) is 14.1. The van der Waals surface area contributed by atoms with Gasteiger partial charge in [-0.25, -0.2) is 13.2 Å². The van der Waals surface area contributed by atoms with Crippen molar-refractivity contribution in [3.05, 3.63) is 54.1 Å². The van der Waals surface area contributed by atoms with Gasteiger partial charge in [-0.15, -0.1) is 0 Å². The van der Waals surface area contributed by atoms with Gasteiger partial charge in [-0.1, -0.05) is 18.2 Å². The van der Waals surface area contributed by atoms with E-state index in [0.717, 1.165) is 0 Å². The molecule has 0 radical (unpaired) electrons. The second-order valence-electron chi connectivity index (χ2n) is 5.03. The van der Waals surface area contributed by atoms with Gasteiger partial charge in [0.25, 0.3) is 10.0 Å². The molecule has 1 saturated heterocycles. The van der Waals surface area contributed by atoms with Crippen molar-refractivity contribution in [2.45, 2.75) is 4.90 Å². The lowest BCUT2D eigenvalue weighted by atomic mass is 10.2. The summed E-state index contributed by atoms with van der Waals surface area (Å²) in [6.45, 7) is 0.603. The van der Waals surface area contributed by atoms with Gasteiger partial charge in [-0.2, -0.15) is 5.26 Å². The molecule has 1 aliphatic rings. The Kier molecular flexibility index (Phi) is 4.10. The fourth-order valence-corrected chi connectivity index (χ4v) is 3.46. The van der Waals surface area contributed by atoms with Crippen LogP contribution in [0.25, 0.3) is 0 Å². The molecular weight excluding hydrogens is 330 g/mol. The summed E-state index contributed by atoms with van der Waals surface area (Å²) in [5.74, 6) is 0. The van der Waals surface area contributed by atoms with E-state index in [1.165, 1.54) is 29.2 Å². The minimum absolute atomic E-state index is 0.0275. The molecule has 0 spiro atoms. The molecule has 0 bridgehead atoms. The van der Waals surface area contributed by atoms with Crippen molar-refractivity contribution in [1.29, 1.82) is 5.26 Å². The van der Waals surface area contributed by atoms with Crippen molar-refractivity contribution in [3.63, 3.8) is 0 Å². The van der Waals surface area contributed by atoms with Crippen LogP contribution >= 0.6 is 0 Å². The number of ether oxygens (including phenoxy) is 1. The van der Waals surface area contributed by atoms with E-state index < -0.39 is 16.1 Å². The van der Waals surface area contributed by atoms with Crippen molar-refractivity contribution in [3.8, 4) is 6.07 Å². The number of cyclic esters (lactones) is 1. The number of rotatable bonds is 4. The molecule has 122 valence electrons. The smallest absolute Gasteiger partial charge is 0.414 e. The Bertz CT molecular complexity index is 934. The molecule has 1 aliphatic heterocycles. The van der Waals surface area contributed by atoms with E-state index in [9.17, 15) is 13.2 Å². The van der Waals surface area contributed by atoms with Crippen LogP contribution in [-0.4, -0.2) is 27.7 Å². The van der Waals surface area contributed by atoms with Gasteiger partial charge in [0, 0.05) is 0 Å². The third-order valence-corrected chi connectivity index (χ3v) is 4.84. The van der Waals surface area contributed by atoms with Crippen molar-refractivity contribution >= 4 is 27.5 Å². The Morgan fingerprint density at radius 3 is 2.67 bits per heavy atom. The van der Waals surface area contributed by atoms with Crippen LogP contribution in [0, 0.1) is 11.3 Å². The summed E-state index contributed by atoms with van der Waals surface area (Å²) in [7, 11) is -3.90. The maximum absolute atomic E-state index is 12.6. The molecule has 1 N–H and O–H groups in total. The quantitative estimate of drug-likeness (QED) is 0.918. The predicted molar refractivity (Wildman–Crippen MR) is 87.1 cm³/mol. The van der Waals surface area contributed by atoms with Crippen LogP contribution in [0.1, 0.15) is 5.56 Å². The van der Waals surface area contributed by atoms with Crippen molar-refractivity contribution in [1.82, 2.24) is 0 Å². The van der Waals surface area contributed by atoms with Crippen LogP contribution in [0.5, 0.6) is 0 Å². The molecule has 0 aromatic heterocycles. The van der Waals surface area contributed by atoms with Crippen molar-refractivity contribution < 1.29 is 17.9 Å². The van der Waals surface area contributed by atoms with Gasteiger partial charge in [-0.3, -0.25) is 9.62 Å². The zero-order chi connectivity index (χ0) is 17.2. The summed E-state index contributed by atoms with van der Waals surface area (Å²) in [6.07, 6.45) is -0.520. The number of nitriles is 1. The van der Waals surface area contributed by atoms with E-state index in [2.05, 4.69) is 4.72 Å². The summed E-state index contributed by atoms with van der Waals surface area (Å²) in [4.78, 5) is 13.1. The van der Waals surface area contributed by atoms with Crippen LogP contribution in [-0.2, 0) is 14.8 Å². The lowest BCUT2D eigenvalue weighted by molar-refractivity contribution is 0.181. The third kappa shape index (κ3) is 3.02. The topological polar surface area (TPSA) is 99.5 Å². The van der Waals surface area contributed by atoms with Gasteiger partial charge >= 0.3 is 6.09 Å². The van der Waals surface area contributed by atoms with Crippen LogP contribution in [0.3, 0.4) is 0 Å². The maximum Gasteiger partial charge on any atom is 0.414 e. The Labute approximate surface area is 139 Å². The average molecular weight is 343 g/mol. The molecular formula is C16H13N3O4S. The number of hydrogen-bond donors (Lipinski definition) is 1. The number of carbonyl (C=O) groups is 1. The number of sulfonamides is 1. The molecule has 0 saturated carbocycles. The van der Waals surface area contributed by atoms with Gasteiger partial charge in [-0.05, 0) is 30.3 Å². The number of carbonyl (C=O) groups excluding carboxylic acids is 1. The molecule has 24 heavy (non-hydrogen) atoms. The van der Waals surface area contributed by atoms with E-state index in [-0.39, 0.29) is 22.8 Å². The molecule has 1 amide bonds. The molecule has 8 heteroatoms. The zero-order valence-electron chi connectivity index (χ0n) is 12.5. The molecule has 1 fully saturated rings. The number of nitrogens with one attached hydrogen (secondary N) is 1. The first-order valence-electron chi connectivity index (χ1n) is 7.07. The molecule has 0 aliphatic carbocycles. The van der Waals surface area contributed by atoms with E-state index >= 15 is 0 Å². The number of para-hydroxylation sites is 2. The molecule has 0 unspecified atom stereocenters. The highest BCUT2D eigenvalue weighted by molar-refractivity contribution is 7.92. The molecule has 1 heterocycles. The summed E-state index contributed by atoms with van der Waals surface area (Å²) >= 11 is 0. The van der Waals surface area contributed by atoms with Crippen molar-refractivity contribution in [2.75, 3.05) is 22.8 Å². The van der Waals surface area contributed by atoms with Crippen LogP contribution in [0.4, 0.5) is 16.2 Å². The fraction of sp³-hybridized carbons (Fsp3) is 0.125. The monoisotopic (exact) mass is 343 g/mol. The van der Waals surface area contributed by atoms with Crippen LogP contribution in [0.15, 0.2) is 53.4 Å². The predicted octanol–water partition coefficient (Wildman–Crippen LogP) is 2.32. The molecule has 2 aromatic rings. The van der Waals surface area contributed by atoms with E-state index in [0.29, 0.717) is 12.2 Å². The first-order valence-corrected chi connectivity index (χ1v) is 8.56. The average Bonchev–Trinajstić information content (AvgIpc) is 3.01. The van der Waals surface area contributed by atoms with E-state index in [1.54, 1.807) is 24.3 Å². The molecule has 2 aromatic carbocycles. The summed E-state index contributed by atoms with van der Waals surface area (Å²) in [5, 5.41) is 8.91. The van der Waals surface area contributed by atoms with Gasteiger partial charge in [0.05, 0.1) is 34.4 Å². The number of benzene rings is 2. The fourth-order valence-electron chi connectivity index (χ4n) is 2.34. The molecule has 7 nitrogen and oxygen atoms in total. The lowest BCUT2D eigenvalue weighted by Gasteiger charge is -2.18. The van der Waals surface area contributed by atoms with E-state index in [1.807, 2.05) is 6.07 Å². The Morgan fingerprint density at radius 2 is 1.96 bits per heavy atom. The Balaban J connectivity index is 1.96. The SMILES string of the molecule is N#Cc1cccc(S(=O)(=O)Nc2ccccc2N2CCOC2=O)c1. The largest absolute Gasteiger partial charge is 0.447 e. The molecule has 3 rings (SSSR count). The summed E-state index contributed by atoms with van der Waals surface area (Å²) < 4.78 is 32.5. The highest BCUT2D eigenvalue weighted by Gasteiger charge is 2.27. The number of hydrogen-bond acceptors (Lipinski definition) is 5. The second-order valence-corrected chi connectivity index (χ2v) is 6.71. The van der Waals surface area contributed by atoms with Crippen molar-refractivity contribution in [2.24, 2.45) is 0 Å². The highest BCUT2D eigenvalue weighted by Crippen LogP contribution is 2.30. The minimum atomic E-state index is -3.90. The van der Waals surface area contributed by atoms with Gasteiger partial charge < -0.3 is 4.74 Å². The van der Waals surface area contributed by atoms with Crippen LogP contribution in [0.2, 0.25) is 0 Å². The first-order chi connectivity index (χ1) is 11.5. The standard InChI is InChI=1S/C16H13N3O4S/c17-11-12-4-3-5-13(10-12)24(21,22)18-14-6-1-2-7-15(14)19-8-9-23-16(19)20/h1-7,10,18H,8-9H2. The van der Waals surface area contributed by atoms with Gasteiger partial charge in [0.2, 0.25) is 0 Å². The third-order valence-electron chi connectivity index (χ3n) is 3.47. The lowest BCUT2D eigenvalue weighted by Crippen LogP contribution is -2.25. The Hall–Kier alpha value is -3.05. The maximum atomic E-state index is 12.6. The highest BCUT2D eigenvalue weighted by atomic mass is 32.2. The van der Waals surface area contributed by atoms with Crippen LogP contribution < -0.4 is 9.62 Å². The van der Waals surface area contributed by atoms with E-state index in [4.69, 9.17) is 10.00 Å². The summed E-state index contributed by atoms with van der Waals surface area (Å²) in [6, 6.07) is 14.2. The first kappa shape index (κ1) is 15.8. The zero-order valence-corrected chi connectivity index (χ0v) is 13.3. The summed E-state index contributed by atoms with van der Waals surface area (Å²) in [5.41, 5.74) is 0.924. The second kappa shape index (κ2) is 6.22. The van der Waals surface area contributed by atoms with Gasteiger partial charge in [0.15, 0.2) is 0 Å². The number of amides is 1. The van der Waals surface area contributed by atoms with Gasteiger partial charge in [0.1, 0.15) is 6.61 Å². The molecule has 0 atom stereocenters. The minimum Gasteiger partial charge on any atom is -0.447 e. The number of nitrogens with zero attached hydrogens (tertiary/aromatic N) is 2. The number of anilines is 2. The Morgan fingerprint density at radius 1 is 1.17 bits per heavy atom.